The minimum absolute atomic E-state index is 0.224. The lowest BCUT2D eigenvalue weighted by Gasteiger charge is -2.08. The van der Waals surface area contributed by atoms with Crippen LogP contribution in [0.1, 0.15) is 120 Å². The van der Waals surface area contributed by atoms with Crippen molar-refractivity contribution in [3.63, 3.8) is 0 Å². The van der Waals surface area contributed by atoms with Gasteiger partial charge in [-0.2, -0.15) is 0 Å². The van der Waals surface area contributed by atoms with Gasteiger partial charge in [0.25, 0.3) is 0 Å². The van der Waals surface area contributed by atoms with Crippen molar-refractivity contribution in [1.82, 2.24) is 0 Å². The summed E-state index contributed by atoms with van der Waals surface area (Å²) in [6.45, 7) is 4.44. The van der Waals surface area contributed by atoms with Gasteiger partial charge in [-0.1, -0.05) is 96.6 Å². The number of esters is 2. The lowest BCUT2D eigenvalue weighted by atomic mass is 10.1. The summed E-state index contributed by atoms with van der Waals surface area (Å²) in [5.74, 6) is 0.338. The minimum Gasteiger partial charge on any atom is -0.427 e. The Balaban J connectivity index is 1.65. The van der Waals surface area contributed by atoms with Gasteiger partial charge in [-0.15, -0.1) is 0 Å². The number of aryl methyl sites for hydroxylation is 1. The smallest absolute Gasteiger partial charge is 0.343 e. The topological polar surface area (TPSA) is 52.6 Å². The van der Waals surface area contributed by atoms with Crippen LogP contribution in [-0.2, 0) is 11.2 Å². The van der Waals surface area contributed by atoms with E-state index in [1.807, 2.05) is 24.3 Å². The zero-order chi connectivity index (χ0) is 25.1. The maximum atomic E-state index is 12.4. The van der Waals surface area contributed by atoms with E-state index < -0.39 is 5.97 Å². The molecule has 0 aliphatic carbocycles. The molecular formula is C31H44O4. The van der Waals surface area contributed by atoms with Crippen LogP contribution < -0.4 is 9.47 Å². The highest BCUT2D eigenvalue weighted by Gasteiger charge is 2.10. The predicted molar refractivity (Wildman–Crippen MR) is 143 cm³/mol. The van der Waals surface area contributed by atoms with E-state index in [1.165, 1.54) is 76.2 Å². The van der Waals surface area contributed by atoms with Crippen LogP contribution in [0.4, 0.5) is 0 Å². The Morgan fingerprint density at radius 3 is 1.66 bits per heavy atom. The number of hydrogen-bond donors (Lipinski definition) is 0. The molecule has 0 aliphatic heterocycles. The average molecular weight is 481 g/mol. The quantitative estimate of drug-likeness (QED) is 0.121. The van der Waals surface area contributed by atoms with Gasteiger partial charge in [-0.05, 0) is 61.2 Å². The molecule has 0 N–H and O–H groups in total. The monoisotopic (exact) mass is 480 g/mol. The Bertz CT molecular complexity index is 839. The summed E-state index contributed by atoms with van der Waals surface area (Å²) in [6.07, 6.45) is 17.3. The van der Waals surface area contributed by atoms with Gasteiger partial charge >= 0.3 is 11.9 Å². The number of hydrogen-bond acceptors (Lipinski definition) is 4. The van der Waals surface area contributed by atoms with Gasteiger partial charge in [0.1, 0.15) is 11.5 Å². The maximum absolute atomic E-state index is 12.4. The molecule has 0 aliphatic rings. The molecular weight excluding hydrogens is 436 g/mol. The van der Waals surface area contributed by atoms with Crippen LogP contribution in [0.3, 0.4) is 0 Å². The van der Waals surface area contributed by atoms with Gasteiger partial charge in [-0.25, -0.2) is 4.79 Å². The van der Waals surface area contributed by atoms with Crippen LogP contribution in [0.5, 0.6) is 11.5 Å². The molecule has 4 heteroatoms. The van der Waals surface area contributed by atoms with Crippen molar-refractivity contribution in [1.29, 1.82) is 0 Å². The molecule has 0 saturated heterocycles. The Morgan fingerprint density at radius 2 is 1.06 bits per heavy atom. The zero-order valence-electron chi connectivity index (χ0n) is 21.9. The van der Waals surface area contributed by atoms with Crippen LogP contribution in [0.15, 0.2) is 48.5 Å². The molecule has 0 radical (unpaired) electrons. The molecule has 0 atom stereocenters. The largest absolute Gasteiger partial charge is 0.427 e. The van der Waals surface area contributed by atoms with E-state index in [2.05, 4.69) is 13.8 Å². The molecule has 35 heavy (non-hydrogen) atoms. The first-order valence-electron chi connectivity index (χ1n) is 13.7. The van der Waals surface area contributed by atoms with Crippen molar-refractivity contribution >= 4 is 11.9 Å². The molecule has 0 heterocycles. The van der Waals surface area contributed by atoms with Gasteiger partial charge in [0.05, 0.1) is 5.56 Å². The summed E-state index contributed by atoms with van der Waals surface area (Å²) in [6, 6.07) is 14.3. The highest BCUT2D eigenvalue weighted by Crippen LogP contribution is 2.19. The van der Waals surface area contributed by atoms with Gasteiger partial charge in [0.2, 0.25) is 0 Å². The van der Waals surface area contributed by atoms with E-state index in [0.717, 1.165) is 19.3 Å². The second-order valence-electron chi connectivity index (χ2n) is 9.42. The first-order valence-corrected chi connectivity index (χ1v) is 13.7. The molecule has 2 aromatic rings. The Morgan fingerprint density at radius 1 is 0.571 bits per heavy atom. The molecule has 2 rings (SSSR count). The highest BCUT2D eigenvalue weighted by atomic mass is 16.5. The molecule has 0 unspecified atom stereocenters. The van der Waals surface area contributed by atoms with Crippen LogP contribution in [0.25, 0.3) is 0 Å². The normalized spacial score (nSPS) is 10.8. The summed E-state index contributed by atoms with van der Waals surface area (Å²) in [5, 5.41) is 0. The van der Waals surface area contributed by atoms with Crippen LogP contribution >= 0.6 is 0 Å². The summed E-state index contributed by atoms with van der Waals surface area (Å²) >= 11 is 0. The van der Waals surface area contributed by atoms with Crippen molar-refractivity contribution in [3.05, 3.63) is 59.7 Å². The summed E-state index contributed by atoms with van der Waals surface area (Å²) in [7, 11) is 0. The Hall–Kier alpha value is -2.62. The summed E-state index contributed by atoms with van der Waals surface area (Å²) in [5.41, 5.74) is 1.68. The fourth-order valence-corrected chi connectivity index (χ4v) is 4.07. The first-order chi connectivity index (χ1) is 17.1. The fourth-order valence-electron chi connectivity index (χ4n) is 4.07. The van der Waals surface area contributed by atoms with Crippen LogP contribution in [0, 0.1) is 0 Å². The number of rotatable bonds is 18. The number of unbranched alkanes of at least 4 members (excludes halogenated alkanes) is 11. The van der Waals surface area contributed by atoms with Crippen LogP contribution in [0.2, 0.25) is 0 Å². The maximum Gasteiger partial charge on any atom is 0.343 e. The molecule has 192 valence electrons. The average Bonchev–Trinajstić information content (AvgIpc) is 2.87. The Kier molecular flexibility index (Phi) is 14.5. The van der Waals surface area contributed by atoms with Crippen molar-refractivity contribution in [2.75, 3.05) is 0 Å². The number of carbonyl (C=O) groups is 2. The number of benzene rings is 2. The van der Waals surface area contributed by atoms with Gasteiger partial charge in [0.15, 0.2) is 0 Å². The van der Waals surface area contributed by atoms with E-state index >= 15 is 0 Å². The van der Waals surface area contributed by atoms with Crippen molar-refractivity contribution < 1.29 is 19.1 Å². The van der Waals surface area contributed by atoms with Crippen molar-refractivity contribution in [3.8, 4) is 11.5 Å². The molecule has 2 aromatic carbocycles. The third-order valence-electron chi connectivity index (χ3n) is 6.26. The summed E-state index contributed by atoms with van der Waals surface area (Å²) in [4.78, 5) is 24.5. The highest BCUT2D eigenvalue weighted by molar-refractivity contribution is 5.91. The van der Waals surface area contributed by atoms with Crippen molar-refractivity contribution in [2.45, 2.75) is 110 Å². The van der Waals surface area contributed by atoms with Crippen molar-refractivity contribution in [2.24, 2.45) is 0 Å². The van der Waals surface area contributed by atoms with Gasteiger partial charge in [0, 0.05) is 6.42 Å². The third kappa shape index (κ3) is 12.6. The Labute approximate surface area is 212 Å². The fraction of sp³-hybridized carbons (Fsp3) is 0.548. The molecule has 0 amide bonds. The predicted octanol–water partition coefficient (Wildman–Crippen LogP) is 8.85. The minimum atomic E-state index is -0.423. The van der Waals surface area contributed by atoms with Gasteiger partial charge in [-0.3, -0.25) is 4.79 Å². The van der Waals surface area contributed by atoms with Gasteiger partial charge < -0.3 is 9.47 Å². The molecule has 0 spiro atoms. The van der Waals surface area contributed by atoms with E-state index in [0.29, 0.717) is 23.5 Å². The molecule has 0 aromatic heterocycles. The number of carbonyl (C=O) groups excluding carboxylic acids is 2. The first kappa shape index (κ1) is 28.6. The second kappa shape index (κ2) is 17.8. The zero-order valence-corrected chi connectivity index (χ0v) is 21.9. The second-order valence-corrected chi connectivity index (χ2v) is 9.42. The molecule has 0 saturated carbocycles. The standard InChI is InChI=1S/C31H44O4/c1-3-5-7-9-10-11-12-13-15-17-30(32)34-28-24-20-27(21-25-28)31(33)35-29-22-18-26(19-23-29)16-14-8-6-4-2/h18-25H,3-17H2,1-2H3. The van der Waals surface area contributed by atoms with E-state index in [-0.39, 0.29) is 5.97 Å². The molecule has 4 nitrogen and oxygen atoms in total. The SMILES string of the molecule is CCCCCCCCCCCC(=O)Oc1ccc(C(=O)Oc2ccc(CCCCCC)cc2)cc1. The molecule has 0 fully saturated rings. The van der Waals surface area contributed by atoms with E-state index in [4.69, 9.17) is 9.47 Å². The van der Waals surface area contributed by atoms with E-state index in [9.17, 15) is 9.59 Å². The number of ether oxygens (including phenoxy) is 2. The molecule has 0 bridgehead atoms. The van der Waals surface area contributed by atoms with Crippen LogP contribution in [-0.4, -0.2) is 11.9 Å². The van der Waals surface area contributed by atoms with E-state index in [1.54, 1.807) is 24.3 Å². The third-order valence-corrected chi connectivity index (χ3v) is 6.26. The summed E-state index contributed by atoms with van der Waals surface area (Å²) < 4.78 is 10.9. The lowest BCUT2D eigenvalue weighted by molar-refractivity contribution is -0.134. The lowest BCUT2D eigenvalue weighted by Crippen LogP contribution is -2.10.